The number of likely N-dealkylation sites (tertiary alicyclic amines) is 1. The number of carbonyl (C=O) groups is 1. The molecule has 1 unspecified atom stereocenters. The van der Waals surface area contributed by atoms with Crippen molar-refractivity contribution in [3.8, 4) is 5.75 Å². The van der Waals surface area contributed by atoms with Gasteiger partial charge in [0.1, 0.15) is 18.0 Å². The van der Waals surface area contributed by atoms with Gasteiger partial charge in [-0.05, 0) is 24.6 Å². The molecule has 0 N–H and O–H groups in total. The Morgan fingerprint density at radius 1 is 1.35 bits per heavy atom. The molecule has 1 aromatic rings. The number of rotatable bonds is 8. The third-order valence-corrected chi connectivity index (χ3v) is 4.55. The highest BCUT2D eigenvalue weighted by molar-refractivity contribution is 5.82. The maximum absolute atomic E-state index is 11.9. The van der Waals surface area contributed by atoms with E-state index < -0.39 is 0 Å². The Balaban J connectivity index is 1.58. The van der Waals surface area contributed by atoms with Gasteiger partial charge < -0.3 is 28.6 Å². The van der Waals surface area contributed by atoms with Crippen LogP contribution in [0, 0.1) is 0 Å². The number of β-lactam (4-membered cyclic amide) rings is 1. The predicted molar refractivity (Wildman–Crippen MR) is 93.3 cm³/mol. The fourth-order valence-electron chi connectivity index (χ4n) is 3.02. The van der Waals surface area contributed by atoms with Crippen molar-refractivity contribution in [2.24, 2.45) is 0 Å². The minimum absolute atomic E-state index is 0.0356. The molecule has 0 radical (unpaired) electrons. The highest BCUT2D eigenvalue weighted by Crippen LogP contribution is 2.25. The van der Waals surface area contributed by atoms with E-state index in [1.165, 1.54) is 6.26 Å². The van der Waals surface area contributed by atoms with Gasteiger partial charge in [-0.2, -0.15) is 0 Å². The lowest BCUT2D eigenvalue weighted by atomic mass is 10.1. The third kappa shape index (κ3) is 4.35. The zero-order valence-electron chi connectivity index (χ0n) is 15.1. The van der Waals surface area contributed by atoms with Crippen LogP contribution in [0.1, 0.15) is 18.9 Å². The molecule has 1 aromatic carbocycles. The summed E-state index contributed by atoms with van der Waals surface area (Å²) in [7, 11) is 1.63. The van der Waals surface area contributed by atoms with Crippen LogP contribution in [-0.4, -0.2) is 55.8 Å². The molecule has 0 saturated carbocycles. The molecule has 2 heterocycles. The number of methoxy groups -OCH3 is 1. The van der Waals surface area contributed by atoms with E-state index in [1.807, 2.05) is 31.2 Å². The van der Waals surface area contributed by atoms with Crippen molar-refractivity contribution < 1.29 is 28.5 Å². The molecule has 2 saturated heterocycles. The number of amides is 1. The summed E-state index contributed by atoms with van der Waals surface area (Å²) in [5, 5.41) is 0. The second kappa shape index (κ2) is 8.53. The zero-order valence-corrected chi connectivity index (χ0v) is 15.1. The molecule has 26 heavy (non-hydrogen) atoms. The number of carbonyl (C=O) groups excluding carboxylic acids is 1. The minimum atomic E-state index is -0.337. The first-order valence-electron chi connectivity index (χ1n) is 8.68. The summed E-state index contributed by atoms with van der Waals surface area (Å²) < 4.78 is 27.9. The molecular formula is C19H25NO6. The van der Waals surface area contributed by atoms with Gasteiger partial charge in [-0.25, -0.2) is 0 Å². The summed E-state index contributed by atoms with van der Waals surface area (Å²) in [6.07, 6.45) is 0.556. The van der Waals surface area contributed by atoms with Crippen LogP contribution in [0.4, 0.5) is 0 Å². The summed E-state index contributed by atoms with van der Waals surface area (Å²) in [4.78, 5) is 13.5. The van der Waals surface area contributed by atoms with Crippen molar-refractivity contribution in [2.45, 2.75) is 44.7 Å². The lowest BCUT2D eigenvalue weighted by Gasteiger charge is -2.44. The van der Waals surface area contributed by atoms with Gasteiger partial charge in [0.2, 0.25) is 5.91 Å². The van der Waals surface area contributed by atoms with E-state index in [0.29, 0.717) is 26.2 Å². The maximum Gasteiger partial charge on any atom is 0.231 e. The van der Waals surface area contributed by atoms with E-state index in [9.17, 15) is 4.79 Å². The van der Waals surface area contributed by atoms with Gasteiger partial charge >= 0.3 is 0 Å². The van der Waals surface area contributed by atoms with Gasteiger partial charge in [0.25, 0.3) is 0 Å². The van der Waals surface area contributed by atoms with Crippen molar-refractivity contribution in [1.82, 2.24) is 4.90 Å². The van der Waals surface area contributed by atoms with Gasteiger partial charge in [-0.3, -0.25) is 4.79 Å². The molecule has 4 atom stereocenters. The third-order valence-electron chi connectivity index (χ3n) is 4.55. The van der Waals surface area contributed by atoms with Crippen LogP contribution in [0.3, 0.4) is 0 Å². The van der Waals surface area contributed by atoms with Crippen LogP contribution >= 0.6 is 0 Å². The largest absolute Gasteiger partial charge is 0.497 e. The van der Waals surface area contributed by atoms with Crippen molar-refractivity contribution in [2.75, 3.05) is 20.3 Å². The topological polar surface area (TPSA) is 66.5 Å². The molecule has 7 heteroatoms. The van der Waals surface area contributed by atoms with E-state index in [0.717, 1.165) is 11.3 Å². The monoisotopic (exact) mass is 363 g/mol. The SMILES string of the molecule is C=COC1CC(=O)N1C[C@@H]1O[C@H](C)OC[C@H]1OCc1ccc(OC)cc1. The quantitative estimate of drug-likeness (QED) is 0.520. The number of ether oxygens (including phenoxy) is 5. The van der Waals surface area contributed by atoms with Crippen LogP contribution in [0.5, 0.6) is 5.75 Å². The Labute approximate surface area is 153 Å². The minimum Gasteiger partial charge on any atom is -0.497 e. The summed E-state index contributed by atoms with van der Waals surface area (Å²) in [6, 6.07) is 7.69. The maximum atomic E-state index is 11.9. The van der Waals surface area contributed by atoms with E-state index in [4.69, 9.17) is 23.7 Å². The molecule has 2 aliphatic rings. The molecule has 1 amide bonds. The summed E-state index contributed by atoms with van der Waals surface area (Å²) in [5.41, 5.74) is 1.02. The summed E-state index contributed by atoms with van der Waals surface area (Å²) in [5.74, 6) is 0.836. The van der Waals surface area contributed by atoms with Crippen LogP contribution in [-0.2, 0) is 30.3 Å². The van der Waals surface area contributed by atoms with E-state index in [-0.39, 0.29) is 30.6 Å². The number of hydrogen-bond acceptors (Lipinski definition) is 6. The number of hydrogen-bond donors (Lipinski definition) is 0. The fourth-order valence-corrected chi connectivity index (χ4v) is 3.02. The van der Waals surface area contributed by atoms with Crippen molar-refractivity contribution >= 4 is 5.91 Å². The first-order chi connectivity index (χ1) is 12.6. The Morgan fingerprint density at radius 2 is 2.12 bits per heavy atom. The highest BCUT2D eigenvalue weighted by Gasteiger charge is 2.42. The van der Waals surface area contributed by atoms with Gasteiger partial charge in [0.15, 0.2) is 12.5 Å². The average Bonchev–Trinajstić information content (AvgIpc) is 2.65. The average molecular weight is 363 g/mol. The Hall–Kier alpha value is -2.09. The first-order valence-corrected chi connectivity index (χ1v) is 8.68. The lowest BCUT2D eigenvalue weighted by Crippen LogP contribution is -2.59. The highest BCUT2D eigenvalue weighted by atomic mass is 16.7. The molecule has 0 aromatic heterocycles. The summed E-state index contributed by atoms with van der Waals surface area (Å²) in [6.45, 7) is 6.62. The van der Waals surface area contributed by atoms with Crippen molar-refractivity contribution in [1.29, 1.82) is 0 Å². The van der Waals surface area contributed by atoms with Gasteiger partial charge in [0.05, 0.1) is 39.6 Å². The van der Waals surface area contributed by atoms with Gasteiger partial charge in [0, 0.05) is 0 Å². The molecule has 0 spiro atoms. The van der Waals surface area contributed by atoms with Gasteiger partial charge in [-0.1, -0.05) is 18.7 Å². The van der Waals surface area contributed by atoms with E-state index >= 15 is 0 Å². The van der Waals surface area contributed by atoms with Crippen molar-refractivity contribution in [3.05, 3.63) is 42.7 Å². The van der Waals surface area contributed by atoms with Crippen LogP contribution in [0.25, 0.3) is 0 Å². The van der Waals surface area contributed by atoms with E-state index in [2.05, 4.69) is 6.58 Å². The summed E-state index contributed by atoms with van der Waals surface area (Å²) >= 11 is 0. The second-order valence-electron chi connectivity index (χ2n) is 6.28. The predicted octanol–water partition coefficient (Wildman–Crippen LogP) is 2.06. The standard InChI is InChI=1S/C19H25NO6/c1-4-23-19-9-18(21)20(19)10-16-17(12-24-13(2)26-16)25-11-14-5-7-15(22-3)8-6-14/h4-8,13,16-17,19H,1,9-12H2,2-3H3/t13-,16+,17-,19?/m1/s1. The zero-order chi connectivity index (χ0) is 18.5. The molecule has 7 nitrogen and oxygen atoms in total. The van der Waals surface area contributed by atoms with Gasteiger partial charge in [-0.15, -0.1) is 0 Å². The normalized spacial score (nSPS) is 28.4. The van der Waals surface area contributed by atoms with Crippen LogP contribution < -0.4 is 4.74 Å². The first kappa shape index (κ1) is 18.7. The molecule has 3 rings (SSSR count). The van der Waals surface area contributed by atoms with Crippen molar-refractivity contribution in [3.63, 3.8) is 0 Å². The Morgan fingerprint density at radius 3 is 2.77 bits per heavy atom. The Kier molecular flexibility index (Phi) is 6.13. The number of nitrogens with zero attached hydrogens (tertiary/aromatic N) is 1. The molecule has 2 aliphatic heterocycles. The molecule has 142 valence electrons. The molecule has 0 bridgehead atoms. The Bertz CT molecular complexity index is 617. The fraction of sp³-hybridized carbons (Fsp3) is 0.526. The molecule has 2 fully saturated rings. The second-order valence-corrected chi connectivity index (χ2v) is 6.28. The van der Waals surface area contributed by atoms with Crippen LogP contribution in [0.15, 0.2) is 37.1 Å². The molecule has 0 aliphatic carbocycles. The number of benzene rings is 1. The lowest BCUT2D eigenvalue weighted by molar-refractivity contribution is -0.263. The van der Waals surface area contributed by atoms with Crippen LogP contribution in [0.2, 0.25) is 0 Å². The smallest absolute Gasteiger partial charge is 0.231 e. The molecular weight excluding hydrogens is 338 g/mol. The van der Waals surface area contributed by atoms with E-state index in [1.54, 1.807) is 12.0 Å².